The van der Waals surface area contributed by atoms with Gasteiger partial charge in [-0.25, -0.2) is 20.0 Å². The summed E-state index contributed by atoms with van der Waals surface area (Å²) in [7, 11) is 0. The minimum Gasteiger partial charge on any atom is -0.391 e. The van der Waals surface area contributed by atoms with Crippen LogP contribution in [0.25, 0.3) is 21.7 Å². The standard InChI is InChI=1S/C60H76N10O10S/c1-40(42-11-15-45(16-12-42)54-41(2)64-39-81-54)66-57(74)51-35-48(71)37-69(51)59(76)55(60(3,4)5)67-53(72)22-27-77-29-31-79-33-34-80-32-30-78-28-24-61-56(73)46-17-13-43(14-18-46)49-36-52(63-38-62-49)68-25-20-47(21-26-68)58(75)70-50(19-23-65-70)44-9-7-6-8-10-44/h6-18,23,36,38-40,47-48,50-51,55,71H,19-22,24-35,37H2,1-5H3,(H,61,73)(H,66,74)(H,67,72)/t40-,48+,50?,51-,55+/m0/s1. The van der Waals surface area contributed by atoms with Crippen LogP contribution >= 0.6 is 11.3 Å². The molecule has 81 heavy (non-hydrogen) atoms. The largest absolute Gasteiger partial charge is 0.391 e. The number of β-amino-alcohol motifs (C(OH)–C–C–N with tert-alkyl or cyclic N) is 1. The predicted molar refractivity (Wildman–Crippen MR) is 308 cm³/mol. The number of thiazole rings is 1. The predicted octanol–water partition coefficient (Wildman–Crippen LogP) is 6.31. The van der Waals surface area contributed by atoms with Crippen molar-refractivity contribution in [2.75, 3.05) is 83.9 Å². The summed E-state index contributed by atoms with van der Waals surface area (Å²) in [6.45, 7) is 13.4. The van der Waals surface area contributed by atoms with E-state index in [9.17, 15) is 29.1 Å². The number of hydrogen-bond donors (Lipinski definition) is 4. The summed E-state index contributed by atoms with van der Waals surface area (Å²) in [6.07, 6.45) is 4.73. The molecule has 0 bridgehead atoms. The van der Waals surface area contributed by atoms with Crippen LogP contribution in [0.4, 0.5) is 5.82 Å². The van der Waals surface area contributed by atoms with Crippen molar-refractivity contribution in [1.29, 1.82) is 0 Å². The van der Waals surface area contributed by atoms with E-state index in [-0.39, 0.29) is 74.2 Å². The highest BCUT2D eigenvalue weighted by Gasteiger charge is 2.45. The fourth-order valence-corrected chi connectivity index (χ4v) is 10.9. The molecule has 3 aromatic carbocycles. The Bertz CT molecular complexity index is 2890. The molecule has 2 fully saturated rings. The molecule has 5 amide bonds. The molecule has 8 rings (SSSR count). The number of anilines is 1. The smallest absolute Gasteiger partial charge is 0.251 e. The Morgan fingerprint density at radius 1 is 0.790 bits per heavy atom. The van der Waals surface area contributed by atoms with Crippen LogP contribution in [0.2, 0.25) is 0 Å². The van der Waals surface area contributed by atoms with Crippen molar-refractivity contribution in [1.82, 2.24) is 40.8 Å². The molecule has 4 N–H and O–H groups in total. The summed E-state index contributed by atoms with van der Waals surface area (Å²) in [5.41, 5.74) is 7.22. The Kier molecular flexibility index (Phi) is 21.6. The molecular weight excluding hydrogens is 1050 g/mol. The van der Waals surface area contributed by atoms with Crippen LogP contribution in [0.5, 0.6) is 0 Å². The number of carbonyl (C=O) groups excluding carboxylic acids is 5. The van der Waals surface area contributed by atoms with E-state index in [4.69, 9.17) is 18.9 Å². The van der Waals surface area contributed by atoms with Crippen molar-refractivity contribution >= 4 is 52.9 Å². The maximum Gasteiger partial charge on any atom is 0.251 e. The summed E-state index contributed by atoms with van der Waals surface area (Å²) < 4.78 is 22.4. The second kappa shape index (κ2) is 29.1. The van der Waals surface area contributed by atoms with Gasteiger partial charge in [0.15, 0.2) is 0 Å². The zero-order valence-electron chi connectivity index (χ0n) is 47.0. The lowest BCUT2D eigenvalue weighted by atomic mass is 9.85. The molecule has 0 spiro atoms. The number of aromatic nitrogens is 3. The average Bonchev–Trinajstić information content (AvgIpc) is 4.49. The van der Waals surface area contributed by atoms with Gasteiger partial charge in [0.25, 0.3) is 5.91 Å². The van der Waals surface area contributed by atoms with Crippen molar-refractivity contribution in [3.05, 3.63) is 119 Å². The normalized spacial score (nSPS) is 18.2. The highest BCUT2D eigenvalue weighted by Crippen LogP contribution is 2.34. The molecule has 5 aromatic rings. The first-order valence-electron chi connectivity index (χ1n) is 27.9. The Labute approximate surface area is 478 Å². The highest BCUT2D eigenvalue weighted by molar-refractivity contribution is 7.13. The molecular formula is C60H76N10O10S. The maximum atomic E-state index is 14.0. The second-order valence-corrected chi connectivity index (χ2v) is 22.4. The van der Waals surface area contributed by atoms with Gasteiger partial charge < -0.3 is 49.8 Å². The third-order valence-corrected chi connectivity index (χ3v) is 15.7. The van der Waals surface area contributed by atoms with E-state index in [1.165, 1.54) is 4.90 Å². The molecule has 21 heteroatoms. The quantitative estimate of drug-likeness (QED) is 0.0444. The Morgan fingerprint density at radius 2 is 1.44 bits per heavy atom. The number of benzene rings is 3. The van der Waals surface area contributed by atoms with E-state index in [2.05, 4.69) is 40.9 Å². The van der Waals surface area contributed by atoms with Gasteiger partial charge in [-0.3, -0.25) is 24.0 Å². The van der Waals surface area contributed by atoms with Gasteiger partial charge in [0, 0.05) is 74.8 Å². The van der Waals surface area contributed by atoms with Crippen molar-refractivity contribution < 1.29 is 48.0 Å². The summed E-state index contributed by atoms with van der Waals surface area (Å²) in [5.74, 6) is -0.634. The summed E-state index contributed by atoms with van der Waals surface area (Å²) in [5, 5.41) is 25.5. The number of hydrazone groups is 1. The number of aliphatic hydroxyl groups excluding tert-OH is 1. The summed E-state index contributed by atoms with van der Waals surface area (Å²) >= 11 is 1.57. The lowest BCUT2D eigenvalue weighted by Gasteiger charge is -2.35. The lowest BCUT2D eigenvalue weighted by Crippen LogP contribution is -2.58. The number of hydrogen-bond acceptors (Lipinski definition) is 16. The molecule has 0 aliphatic carbocycles. The molecule has 1 unspecified atom stereocenters. The van der Waals surface area contributed by atoms with Gasteiger partial charge >= 0.3 is 0 Å². The summed E-state index contributed by atoms with van der Waals surface area (Å²) in [4.78, 5) is 85.2. The SMILES string of the molecule is Cc1ncsc1-c1ccc([C@H](C)NC(=O)[C@@H]2C[C@@H](O)CN2C(=O)[C@@H](NC(=O)CCOCCOCCOCCOCCNC(=O)c2ccc(-c3cc(N4CCC(C(=O)N5N=CCC5c5ccccc5)CC4)ncn3)cc2)C(C)(C)C)cc1. The minimum atomic E-state index is -0.947. The number of amides is 5. The molecule has 5 heterocycles. The van der Waals surface area contributed by atoms with Crippen molar-refractivity contribution in [2.24, 2.45) is 16.4 Å². The van der Waals surface area contributed by atoms with Gasteiger partial charge in [-0.1, -0.05) is 87.5 Å². The Morgan fingerprint density at radius 3 is 2.10 bits per heavy atom. The van der Waals surface area contributed by atoms with Gasteiger partial charge in [0.1, 0.15) is 24.2 Å². The van der Waals surface area contributed by atoms with Gasteiger partial charge in [0.05, 0.1) is 92.8 Å². The third-order valence-electron chi connectivity index (χ3n) is 14.7. The van der Waals surface area contributed by atoms with Crippen LogP contribution in [-0.4, -0.2) is 163 Å². The topological polar surface area (TPSA) is 239 Å². The van der Waals surface area contributed by atoms with Gasteiger partial charge in [-0.2, -0.15) is 5.10 Å². The van der Waals surface area contributed by atoms with E-state index in [1.54, 1.807) is 34.8 Å². The van der Waals surface area contributed by atoms with Crippen molar-refractivity contribution in [3.8, 4) is 21.7 Å². The maximum absolute atomic E-state index is 14.0. The fourth-order valence-electron chi connectivity index (χ4n) is 10.1. The molecule has 3 aliphatic rings. The van der Waals surface area contributed by atoms with Gasteiger partial charge in [0.2, 0.25) is 23.6 Å². The zero-order valence-corrected chi connectivity index (χ0v) is 47.8. The fraction of sp³-hybridized carbons (Fsp3) is 0.483. The molecule has 5 atom stereocenters. The number of nitrogens with zero attached hydrogens (tertiary/aromatic N) is 7. The van der Waals surface area contributed by atoms with E-state index in [0.29, 0.717) is 77.7 Å². The highest BCUT2D eigenvalue weighted by atomic mass is 32.1. The van der Waals surface area contributed by atoms with Crippen LogP contribution in [0, 0.1) is 18.3 Å². The van der Waals surface area contributed by atoms with Crippen LogP contribution in [0.3, 0.4) is 0 Å². The molecule has 3 aliphatic heterocycles. The van der Waals surface area contributed by atoms with E-state index in [0.717, 1.165) is 50.8 Å². The van der Waals surface area contributed by atoms with Crippen LogP contribution in [0.15, 0.2) is 102 Å². The van der Waals surface area contributed by atoms with Gasteiger partial charge in [-0.05, 0) is 60.9 Å². The lowest BCUT2D eigenvalue weighted by molar-refractivity contribution is -0.144. The first-order chi connectivity index (χ1) is 39.1. The minimum absolute atomic E-state index is 0.0120. The van der Waals surface area contributed by atoms with Gasteiger partial charge in [-0.15, -0.1) is 11.3 Å². The number of carbonyl (C=O) groups is 5. The van der Waals surface area contributed by atoms with Crippen molar-refractivity contribution in [2.45, 2.75) is 97.0 Å². The van der Waals surface area contributed by atoms with Crippen LogP contribution < -0.4 is 20.9 Å². The third kappa shape index (κ3) is 16.6. The molecule has 0 radical (unpaired) electrons. The first kappa shape index (κ1) is 60.1. The Balaban J connectivity index is 0.642. The molecule has 2 saturated heterocycles. The zero-order chi connectivity index (χ0) is 57.3. The second-order valence-electron chi connectivity index (χ2n) is 21.6. The molecule has 20 nitrogen and oxygen atoms in total. The number of likely N-dealkylation sites (tertiary alicyclic amines) is 1. The molecule has 2 aromatic heterocycles. The monoisotopic (exact) mass is 1130 g/mol. The number of rotatable bonds is 26. The Hall–Kier alpha value is -7.01. The van der Waals surface area contributed by atoms with Crippen LogP contribution in [0.1, 0.15) is 99.1 Å². The number of piperidine rings is 1. The average molecular weight is 1130 g/mol. The first-order valence-corrected chi connectivity index (χ1v) is 28.8. The number of ether oxygens (including phenoxy) is 4. The molecule has 432 valence electrons. The van der Waals surface area contributed by atoms with Crippen LogP contribution in [-0.2, 0) is 38.1 Å². The van der Waals surface area contributed by atoms with Crippen molar-refractivity contribution in [3.63, 3.8) is 0 Å². The van der Waals surface area contributed by atoms with E-state index >= 15 is 0 Å². The molecule has 0 saturated carbocycles. The number of nitrogens with one attached hydrogen (secondary N) is 3. The number of aliphatic hydroxyl groups is 1. The summed E-state index contributed by atoms with van der Waals surface area (Å²) in [6, 6.07) is 24.9. The van der Waals surface area contributed by atoms with E-state index in [1.807, 2.05) is 119 Å². The number of aryl methyl sites for hydroxylation is 1. The van der Waals surface area contributed by atoms with E-state index < -0.39 is 29.5 Å².